The van der Waals surface area contributed by atoms with Gasteiger partial charge in [-0.1, -0.05) is 6.92 Å². The minimum Gasteiger partial charge on any atom is -0.478 e. The van der Waals surface area contributed by atoms with E-state index in [-0.39, 0.29) is 34.4 Å². The molecule has 142 valence electrons. The van der Waals surface area contributed by atoms with Crippen LogP contribution in [0.1, 0.15) is 19.8 Å². The van der Waals surface area contributed by atoms with Gasteiger partial charge in [0.1, 0.15) is 5.75 Å². The van der Waals surface area contributed by atoms with E-state index < -0.39 is 37.8 Å². The van der Waals surface area contributed by atoms with E-state index in [9.17, 15) is 26.4 Å². The summed E-state index contributed by atoms with van der Waals surface area (Å²) in [5.41, 5.74) is 0.193. The number of hydrogen-bond donors (Lipinski definition) is 2. The lowest BCUT2D eigenvalue weighted by Crippen LogP contribution is -2.37. The highest BCUT2D eigenvalue weighted by Gasteiger charge is 2.35. The topological polar surface area (TPSA) is 136 Å². The van der Waals surface area contributed by atoms with Crippen LogP contribution in [0, 0.1) is 5.92 Å². The quantitative estimate of drug-likeness (QED) is 0.725. The van der Waals surface area contributed by atoms with Crippen LogP contribution in [0.4, 0.5) is 5.69 Å². The van der Waals surface area contributed by atoms with Crippen LogP contribution < -0.4 is 14.8 Å². The number of nitrogens with one attached hydrogen (secondary N) is 2. The Morgan fingerprint density at radius 3 is 2.73 bits per heavy atom. The Kier molecular flexibility index (Phi) is 4.69. The lowest BCUT2D eigenvalue weighted by Gasteiger charge is -2.25. The first kappa shape index (κ1) is 18.6. The Balaban J connectivity index is 1.79. The van der Waals surface area contributed by atoms with Crippen LogP contribution in [0.15, 0.2) is 23.1 Å². The predicted octanol–water partition coefficient (Wildman–Crippen LogP) is 0.0357. The van der Waals surface area contributed by atoms with Crippen molar-refractivity contribution < 1.29 is 31.2 Å². The Morgan fingerprint density at radius 2 is 2.12 bits per heavy atom. The minimum absolute atomic E-state index is 0.0934. The van der Waals surface area contributed by atoms with Gasteiger partial charge in [0.15, 0.2) is 15.9 Å². The zero-order chi connectivity index (χ0) is 19.1. The molecule has 1 saturated heterocycles. The molecule has 2 heterocycles. The second-order valence-corrected chi connectivity index (χ2v) is 10.1. The molecule has 9 nitrogen and oxygen atoms in total. The Bertz CT molecular complexity index is 970. The summed E-state index contributed by atoms with van der Waals surface area (Å²) in [5.74, 6) is -2.28. The van der Waals surface area contributed by atoms with Crippen molar-refractivity contribution in [2.75, 3.05) is 16.8 Å². The number of fused-ring (bicyclic) bond motifs is 1. The third-order valence-electron chi connectivity index (χ3n) is 4.29. The van der Waals surface area contributed by atoms with E-state index in [0.29, 0.717) is 12.2 Å². The fourth-order valence-electron chi connectivity index (χ4n) is 2.84. The van der Waals surface area contributed by atoms with Crippen LogP contribution in [-0.4, -0.2) is 46.3 Å². The average molecular weight is 402 g/mol. The molecule has 2 amide bonds. The monoisotopic (exact) mass is 402 g/mol. The number of anilines is 1. The predicted molar refractivity (Wildman–Crippen MR) is 91.9 cm³/mol. The molecule has 0 spiro atoms. The van der Waals surface area contributed by atoms with Crippen LogP contribution in [0.3, 0.4) is 0 Å². The van der Waals surface area contributed by atoms with E-state index in [2.05, 4.69) is 5.32 Å². The molecule has 0 unspecified atom stereocenters. The van der Waals surface area contributed by atoms with Crippen LogP contribution in [0.5, 0.6) is 5.75 Å². The third-order valence-corrected chi connectivity index (χ3v) is 7.40. The van der Waals surface area contributed by atoms with E-state index in [1.807, 2.05) is 4.72 Å². The number of ether oxygens (including phenoxy) is 1. The van der Waals surface area contributed by atoms with Crippen molar-refractivity contribution in [1.29, 1.82) is 0 Å². The first-order chi connectivity index (χ1) is 12.1. The summed E-state index contributed by atoms with van der Waals surface area (Å²) in [6.45, 7) is 1.78. The molecular formula is C15H18N2O7S2. The van der Waals surface area contributed by atoms with Gasteiger partial charge in [-0.25, -0.2) is 21.6 Å². The molecule has 0 bridgehead atoms. The maximum Gasteiger partial charge on any atom is 0.265 e. The number of rotatable bonds is 4. The molecule has 2 N–H and O–H groups in total. The minimum atomic E-state index is -4.21. The maximum atomic E-state index is 12.4. The van der Waals surface area contributed by atoms with Gasteiger partial charge in [-0.3, -0.25) is 9.59 Å². The smallest absolute Gasteiger partial charge is 0.265 e. The van der Waals surface area contributed by atoms with E-state index in [1.54, 1.807) is 6.92 Å². The number of sulfonamides is 1. The number of carbonyl (C=O) groups is 2. The zero-order valence-corrected chi connectivity index (χ0v) is 15.5. The molecule has 0 saturated carbocycles. The van der Waals surface area contributed by atoms with Crippen LogP contribution in [-0.2, 0) is 29.4 Å². The average Bonchev–Trinajstić information content (AvgIpc) is 2.93. The van der Waals surface area contributed by atoms with Gasteiger partial charge in [0, 0.05) is 0 Å². The molecule has 2 aliphatic rings. The highest BCUT2D eigenvalue weighted by atomic mass is 32.2. The van der Waals surface area contributed by atoms with Crippen molar-refractivity contribution in [1.82, 2.24) is 4.72 Å². The second-order valence-electron chi connectivity index (χ2n) is 6.23. The first-order valence-corrected chi connectivity index (χ1v) is 11.3. The molecule has 0 radical (unpaired) electrons. The highest BCUT2D eigenvalue weighted by Crippen LogP contribution is 2.32. The maximum absolute atomic E-state index is 12.4. The van der Waals surface area contributed by atoms with Gasteiger partial charge in [0.25, 0.3) is 15.9 Å². The summed E-state index contributed by atoms with van der Waals surface area (Å²) in [6, 6.07) is 3.85. The van der Waals surface area contributed by atoms with Crippen molar-refractivity contribution in [2.45, 2.75) is 30.8 Å². The van der Waals surface area contributed by atoms with Crippen LogP contribution in [0.25, 0.3) is 0 Å². The van der Waals surface area contributed by atoms with E-state index >= 15 is 0 Å². The molecule has 1 aromatic carbocycles. The van der Waals surface area contributed by atoms with Crippen molar-refractivity contribution in [2.24, 2.45) is 5.92 Å². The Hall–Kier alpha value is -2.14. The van der Waals surface area contributed by atoms with Gasteiger partial charge in [-0.05, 0) is 31.0 Å². The van der Waals surface area contributed by atoms with Gasteiger partial charge in [0.2, 0.25) is 5.91 Å². The SMILES string of the molecule is CC[C@H]1Oc2ccc(S(=O)(=O)NC(=O)[C@H]3CCS(=O)(=O)C3)cc2NC1=O. The molecule has 3 rings (SSSR count). The number of benzene rings is 1. The molecule has 2 atom stereocenters. The molecule has 11 heteroatoms. The normalized spacial score (nSPS) is 24.3. The Morgan fingerprint density at radius 1 is 1.38 bits per heavy atom. The van der Waals surface area contributed by atoms with E-state index in [1.165, 1.54) is 18.2 Å². The molecule has 1 fully saturated rings. The Labute approximate surface area is 151 Å². The second kappa shape index (κ2) is 6.54. The van der Waals surface area contributed by atoms with Crippen molar-refractivity contribution in [3.63, 3.8) is 0 Å². The van der Waals surface area contributed by atoms with Crippen molar-refractivity contribution >= 4 is 37.4 Å². The summed E-state index contributed by atoms with van der Waals surface area (Å²) in [4.78, 5) is 23.7. The first-order valence-electron chi connectivity index (χ1n) is 8.00. The summed E-state index contributed by atoms with van der Waals surface area (Å²) in [7, 11) is -7.51. The van der Waals surface area contributed by atoms with Crippen LogP contribution >= 0.6 is 0 Å². The third kappa shape index (κ3) is 3.68. The lowest BCUT2D eigenvalue weighted by atomic mass is 10.1. The molecule has 0 aliphatic carbocycles. The standard InChI is InChI=1S/C15H18N2O7S2/c1-2-12-15(19)16-11-7-10(3-4-13(11)24-12)26(22,23)17-14(18)9-5-6-25(20,21)8-9/h3-4,7,9,12H,2,5-6,8H2,1H3,(H,16,19)(H,17,18)/t9-,12+/m0/s1. The molecule has 26 heavy (non-hydrogen) atoms. The number of hydrogen-bond acceptors (Lipinski definition) is 7. The fourth-order valence-corrected chi connectivity index (χ4v) is 5.65. The molecule has 0 aromatic heterocycles. The number of sulfone groups is 1. The summed E-state index contributed by atoms with van der Waals surface area (Å²) >= 11 is 0. The molecule has 1 aromatic rings. The van der Waals surface area contributed by atoms with Gasteiger partial charge in [-0.15, -0.1) is 0 Å². The van der Waals surface area contributed by atoms with Crippen molar-refractivity contribution in [3.05, 3.63) is 18.2 Å². The van der Waals surface area contributed by atoms with E-state index in [0.717, 1.165) is 0 Å². The van der Waals surface area contributed by atoms with Gasteiger partial charge in [-0.2, -0.15) is 0 Å². The van der Waals surface area contributed by atoms with Gasteiger partial charge >= 0.3 is 0 Å². The highest BCUT2D eigenvalue weighted by molar-refractivity contribution is 7.91. The number of carbonyl (C=O) groups excluding carboxylic acids is 2. The zero-order valence-electron chi connectivity index (χ0n) is 13.9. The largest absolute Gasteiger partial charge is 0.478 e. The van der Waals surface area contributed by atoms with E-state index in [4.69, 9.17) is 4.74 Å². The molecule has 2 aliphatic heterocycles. The van der Waals surface area contributed by atoms with Crippen LogP contribution in [0.2, 0.25) is 0 Å². The number of amides is 2. The summed E-state index contributed by atoms with van der Waals surface area (Å²) < 4.78 is 55.1. The fraction of sp³-hybridized carbons (Fsp3) is 0.467. The summed E-state index contributed by atoms with van der Waals surface area (Å²) in [5, 5.41) is 2.57. The lowest BCUT2D eigenvalue weighted by molar-refractivity contribution is -0.124. The molecular weight excluding hydrogens is 384 g/mol. The van der Waals surface area contributed by atoms with Gasteiger partial charge in [0.05, 0.1) is 28.0 Å². The summed E-state index contributed by atoms with van der Waals surface area (Å²) in [6.07, 6.45) is -0.0871. The van der Waals surface area contributed by atoms with Crippen molar-refractivity contribution in [3.8, 4) is 5.75 Å². The van der Waals surface area contributed by atoms with Gasteiger partial charge < -0.3 is 10.1 Å².